The summed E-state index contributed by atoms with van der Waals surface area (Å²) in [6, 6.07) is 0.900. The number of carbonyl (C=O) groups is 2. The highest BCUT2D eigenvalue weighted by atomic mass is 16.6. The number of rotatable bonds is 5. The van der Waals surface area contributed by atoms with E-state index in [4.69, 9.17) is 4.74 Å². The van der Waals surface area contributed by atoms with Crippen LogP contribution in [0.15, 0.2) is 12.4 Å². The number of carbonyl (C=O) groups excluding carboxylic acids is 1. The summed E-state index contributed by atoms with van der Waals surface area (Å²) in [4.78, 5) is 37.9. The molecule has 0 radical (unpaired) electrons. The zero-order valence-corrected chi connectivity index (χ0v) is 16.7. The molecular weight excluding hydrogens is 350 g/mol. The highest BCUT2D eigenvalue weighted by molar-refractivity contribution is 5.80. The number of amides is 1. The number of nitrogens with zero attached hydrogens (tertiary/aromatic N) is 5. The van der Waals surface area contributed by atoms with Gasteiger partial charge in [-0.3, -0.25) is 0 Å². The summed E-state index contributed by atoms with van der Waals surface area (Å²) in [5.41, 5.74) is -0.627. The van der Waals surface area contributed by atoms with Crippen LogP contribution in [0, 0.1) is 0 Å². The molecule has 27 heavy (non-hydrogen) atoms. The number of ether oxygens (including phenoxy) is 1. The lowest BCUT2D eigenvalue weighted by atomic mass is 10.1. The molecular formula is C18H29N5O4. The number of hydrogen-bond donors (Lipinski definition) is 1. The Balaban J connectivity index is 2.20. The molecule has 0 saturated carbocycles. The lowest BCUT2D eigenvalue weighted by molar-refractivity contribution is -0.139. The standard InChI is InChI=1S/C18H29N5O4/c1-6-21(7-2)14-10-15(20-12-19-14)23-9-8-22(11-13(23)16(24)25)17(26)27-18(3,4)5/h10,12-13H,6-9,11H2,1-5H3,(H,24,25)/t13-/m0/s1. The predicted octanol–water partition coefficient (Wildman–Crippen LogP) is 1.83. The van der Waals surface area contributed by atoms with Crippen molar-refractivity contribution in [2.45, 2.75) is 46.3 Å². The fourth-order valence-corrected chi connectivity index (χ4v) is 2.98. The molecule has 1 aromatic rings. The SMILES string of the molecule is CCN(CC)c1cc(N2CCN(C(=O)OC(C)(C)C)C[C@H]2C(=O)O)ncn1. The fourth-order valence-electron chi connectivity index (χ4n) is 2.98. The van der Waals surface area contributed by atoms with Gasteiger partial charge in [-0.15, -0.1) is 0 Å². The molecule has 1 amide bonds. The van der Waals surface area contributed by atoms with E-state index in [-0.39, 0.29) is 6.54 Å². The van der Waals surface area contributed by atoms with Crippen LogP contribution in [0.5, 0.6) is 0 Å². The van der Waals surface area contributed by atoms with Crippen molar-refractivity contribution in [1.82, 2.24) is 14.9 Å². The summed E-state index contributed by atoms with van der Waals surface area (Å²) < 4.78 is 5.37. The van der Waals surface area contributed by atoms with E-state index in [0.717, 1.165) is 18.9 Å². The van der Waals surface area contributed by atoms with Crippen molar-refractivity contribution in [2.24, 2.45) is 0 Å². The molecule has 0 aromatic carbocycles. The van der Waals surface area contributed by atoms with Gasteiger partial charge < -0.3 is 24.5 Å². The second-order valence-corrected chi connectivity index (χ2v) is 7.38. The van der Waals surface area contributed by atoms with Crippen molar-refractivity contribution in [1.29, 1.82) is 0 Å². The van der Waals surface area contributed by atoms with E-state index in [1.807, 2.05) is 13.8 Å². The van der Waals surface area contributed by atoms with Crippen LogP contribution >= 0.6 is 0 Å². The van der Waals surface area contributed by atoms with E-state index in [2.05, 4.69) is 14.9 Å². The van der Waals surface area contributed by atoms with Crippen LogP contribution < -0.4 is 9.80 Å². The maximum Gasteiger partial charge on any atom is 0.410 e. The lowest BCUT2D eigenvalue weighted by Crippen LogP contribution is -2.58. The monoisotopic (exact) mass is 379 g/mol. The Hall–Kier alpha value is -2.58. The van der Waals surface area contributed by atoms with Gasteiger partial charge in [0.15, 0.2) is 0 Å². The molecule has 1 aliphatic heterocycles. The van der Waals surface area contributed by atoms with Gasteiger partial charge in [0.1, 0.15) is 29.6 Å². The van der Waals surface area contributed by atoms with Gasteiger partial charge in [0.25, 0.3) is 0 Å². The first-order chi connectivity index (χ1) is 12.7. The van der Waals surface area contributed by atoms with Crippen LogP contribution in [-0.2, 0) is 9.53 Å². The lowest BCUT2D eigenvalue weighted by Gasteiger charge is -2.40. The summed E-state index contributed by atoms with van der Waals surface area (Å²) >= 11 is 0. The Morgan fingerprint density at radius 1 is 1.26 bits per heavy atom. The van der Waals surface area contributed by atoms with E-state index >= 15 is 0 Å². The number of piperazine rings is 1. The van der Waals surface area contributed by atoms with Crippen molar-refractivity contribution in [2.75, 3.05) is 42.5 Å². The zero-order chi connectivity index (χ0) is 20.2. The van der Waals surface area contributed by atoms with Crippen molar-refractivity contribution in [3.63, 3.8) is 0 Å². The smallest absolute Gasteiger partial charge is 0.410 e. The molecule has 1 aliphatic rings. The van der Waals surface area contributed by atoms with Gasteiger partial charge in [-0.1, -0.05) is 0 Å². The molecule has 0 unspecified atom stereocenters. The summed E-state index contributed by atoms with van der Waals surface area (Å²) in [6.07, 6.45) is 0.946. The minimum Gasteiger partial charge on any atom is -0.480 e. The maximum absolute atomic E-state index is 12.3. The summed E-state index contributed by atoms with van der Waals surface area (Å²) in [5, 5.41) is 9.70. The quantitative estimate of drug-likeness (QED) is 0.827. The molecule has 9 heteroatoms. The third-order valence-corrected chi connectivity index (χ3v) is 4.34. The van der Waals surface area contributed by atoms with E-state index in [1.165, 1.54) is 11.2 Å². The van der Waals surface area contributed by atoms with Crippen LogP contribution in [0.25, 0.3) is 0 Å². The second kappa shape index (κ2) is 8.41. The molecule has 1 atom stereocenters. The highest BCUT2D eigenvalue weighted by Crippen LogP contribution is 2.23. The van der Waals surface area contributed by atoms with Crippen molar-refractivity contribution < 1.29 is 19.4 Å². The number of aromatic nitrogens is 2. The van der Waals surface area contributed by atoms with Crippen LogP contribution in [0.3, 0.4) is 0 Å². The predicted molar refractivity (Wildman–Crippen MR) is 102 cm³/mol. The first kappa shape index (κ1) is 20.7. The second-order valence-electron chi connectivity index (χ2n) is 7.38. The van der Waals surface area contributed by atoms with Crippen LogP contribution in [0.1, 0.15) is 34.6 Å². The largest absolute Gasteiger partial charge is 0.480 e. The summed E-state index contributed by atoms with van der Waals surface area (Å²) in [5.74, 6) is 0.290. The fraction of sp³-hybridized carbons (Fsp3) is 0.667. The molecule has 1 aromatic heterocycles. The van der Waals surface area contributed by atoms with Crippen molar-refractivity contribution >= 4 is 23.7 Å². The molecule has 1 fully saturated rings. The molecule has 150 valence electrons. The van der Waals surface area contributed by atoms with Gasteiger partial charge in [0.2, 0.25) is 0 Å². The van der Waals surface area contributed by atoms with E-state index in [0.29, 0.717) is 18.9 Å². The Kier molecular flexibility index (Phi) is 6.45. The molecule has 1 N–H and O–H groups in total. The molecule has 9 nitrogen and oxygen atoms in total. The van der Waals surface area contributed by atoms with Gasteiger partial charge in [-0.2, -0.15) is 0 Å². The third kappa shape index (κ3) is 5.21. The summed E-state index contributed by atoms with van der Waals surface area (Å²) in [6.45, 7) is 11.8. The number of aliphatic carboxylic acids is 1. The number of carboxylic acids is 1. The zero-order valence-electron chi connectivity index (χ0n) is 16.7. The first-order valence-electron chi connectivity index (χ1n) is 9.20. The molecule has 2 heterocycles. The average molecular weight is 379 g/mol. The van der Waals surface area contributed by atoms with Gasteiger partial charge in [0.05, 0.1) is 6.54 Å². The molecule has 0 bridgehead atoms. The van der Waals surface area contributed by atoms with Crippen molar-refractivity contribution in [3.8, 4) is 0 Å². The highest BCUT2D eigenvalue weighted by Gasteiger charge is 2.36. The summed E-state index contributed by atoms with van der Waals surface area (Å²) in [7, 11) is 0. The maximum atomic E-state index is 12.3. The number of anilines is 2. The third-order valence-electron chi connectivity index (χ3n) is 4.34. The molecule has 2 rings (SSSR count). The Morgan fingerprint density at radius 2 is 1.93 bits per heavy atom. The topological polar surface area (TPSA) is 99.1 Å². The minimum absolute atomic E-state index is 0.0366. The Morgan fingerprint density at radius 3 is 2.48 bits per heavy atom. The van der Waals surface area contributed by atoms with Crippen LogP contribution in [-0.4, -0.2) is 76.4 Å². The van der Waals surface area contributed by atoms with E-state index < -0.39 is 23.7 Å². The van der Waals surface area contributed by atoms with Gasteiger partial charge >= 0.3 is 12.1 Å². The minimum atomic E-state index is -1.01. The molecule has 1 saturated heterocycles. The first-order valence-corrected chi connectivity index (χ1v) is 9.20. The van der Waals surface area contributed by atoms with Crippen molar-refractivity contribution in [3.05, 3.63) is 12.4 Å². The molecule has 0 aliphatic carbocycles. The van der Waals surface area contributed by atoms with Gasteiger partial charge in [-0.05, 0) is 34.6 Å². The van der Waals surface area contributed by atoms with E-state index in [1.54, 1.807) is 31.7 Å². The average Bonchev–Trinajstić information content (AvgIpc) is 2.61. The Labute approximate surface area is 159 Å². The van der Waals surface area contributed by atoms with Gasteiger partial charge in [0, 0.05) is 32.2 Å². The molecule has 0 spiro atoms. The van der Waals surface area contributed by atoms with Crippen LogP contribution in [0.4, 0.5) is 16.4 Å². The number of hydrogen-bond acceptors (Lipinski definition) is 7. The Bertz CT molecular complexity index is 672. The van der Waals surface area contributed by atoms with E-state index in [9.17, 15) is 14.7 Å². The normalized spacial score (nSPS) is 17.6. The number of carboxylic acid groups (broad SMARTS) is 1. The van der Waals surface area contributed by atoms with Gasteiger partial charge in [-0.25, -0.2) is 19.6 Å². The van der Waals surface area contributed by atoms with Crippen LogP contribution in [0.2, 0.25) is 0 Å².